The van der Waals surface area contributed by atoms with Gasteiger partial charge in [0.25, 0.3) is 5.69 Å². The second-order valence-electron chi connectivity index (χ2n) is 8.58. The van der Waals surface area contributed by atoms with Crippen LogP contribution in [0.15, 0.2) is 42.5 Å². The van der Waals surface area contributed by atoms with Gasteiger partial charge >= 0.3 is 0 Å². The van der Waals surface area contributed by atoms with Gasteiger partial charge in [-0.25, -0.2) is 4.90 Å². The van der Waals surface area contributed by atoms with E-state index in [1.54, 1.807) is 6.07 Å². The first-order chi connectivity index (χ1) is 15.4. The summed E-state index contributed by atoms with van der Waals surface area (Å²) in [5.74, 6) is -2.85. The summed E-state index contributed by atoms with van der Waals surface area (Å²) in [7, 11) is 0. The van der Waals surface area contributed by atoms with E-state index in [4.69, 9.17) is 11.6 Å². The van der Waals surface area contributed by atoms with Crippen molar-refractivity contribution in [3.63, 3.8) is 0 Å². The van der Waals surface area contributed by atoms with Gasteiger partial charge < -0.3 is 5.32 Å². The Hall–Kier alpha value is -3.30. The molecule has 162 valence electrons. The number of anilines is 2. The van der Waals surface area contributed by atoms with Crippen molar-refractivity contribution in [3.8, 4) is 0 Å². The number of benzene rings is 2. The smallest absolute Gasteiger partial charge is 0.289 e. The van der Waals surface area contributed by atoms with Crippen LogP contribution in [0.4, 0.5) is 17.1 Å². The van der Waals surface area contributed by atoms with Crippen LogP contribution in [-0.4, -0.2) is 40.1 Å². The van der Waals surface area contributed by atoms with E-state index in [1.807, 2.05) is 23.1 Å². The minimum absolute atomic E-state index is 0.0828. The maximum absolute atomic E-state index is 13.8. The highest BCUT2D eigenvalue weighted by molar-refractivity contribution is 6.33. The molecule has 1 spiro atoms. The van der Waals surface area contributed by atoms with Gasteiger partial charge in [0.1, 0.15) is 10.6 Å². The number of hydrogen-bond donors (Lipinski definition) is 1. The molecule has 2 aromatic rings. The Morgan fingerprint density at radius 1 is 1.12 bits per heavy atom. The minimum Gasteiger partial charge on any atom is -0.324 e. The maximum atomic E-state index is 13.8. The van der Waals surface area contributed by atoms with Gasteiger partial charge in [-0.3, -0.25) is 29.4 Å². The highest BCUT2D eigenvalue weighted by Crippen LogP contribution is 2.60. The van der Waals surface area contributed by atoms with Gasteiger partial charge in [0.05, 0.1) is 22.4 Å². The van der Waals surface area contributed by atoms with Crippen LogP contribution in [0.1, 0.15) is 18.4 Å². The monoisotopic (exact) mass is 452 g/mol. The third kappa shape index (κ3) is 2.14. The van der Waals surface area contributed by atoms with Crippen LogP contribution in [0.3, 0.4) is 0 Å². The van der Waals surface area contributed by atoms with E-state index in [-0.39, 0.29) is 28.3 Å². The zero-order valence-electron chi connectivity index (χ0n) is 16.7. The Morgan fingerprint density at radius 3 is 2.69 bits per heavy atom. The lowest BCUT2D eigenvalue weighted by Crippen LogP contribution is -2.54. The number of carbonyl (C=O) groups is 3. The predicted molar refractivity (Wildman–Crippen MR) is 114 cm³/mol. The molecule has 0 saturated carbocycles. The first kappa shape index (κ1) is 19.4. The molecule has 3 amide bonds. The molecule has 4 aliphatic heterocycles. The van der Waals surface area contributed by atoms with Gasteiger partial charge in [0.2, 0.25) is 17.7 Å². The number of amides is 3. The predicted octanol–water partition coefficient (Wildman–Crippen LogP) is 2.68. The van der Waals surface area contributed by atoms with Crippen molar-refractivity contribution in [2.75, 3.05) is 16.8 Å². The SMILES string of the molecule is O=C1[C@@H]2[C@H]3CCCN3[C@@]3(C(=O)Nc4ccccc43)[C@@H]2C(=O)N1c1ccc(Cl)c([N+](=O)[O-])c1. The third-order valence-electron chi connectivity index (χ3n) is 7.28. The van der Waals surface area contributed by atoms with Gasteiger partial charge in [-0.2, -0.15) is 0 Å². The van der Waals surface area contributed by atoms with Gasteiger partial charge in [0, 0.05) is 23.4 Å². The average molecular weight is 453 g/mol. The minimum atomic E-state index is -1.26. The fourth-order valence-corrected chi connectivity index (χ4v) is 6.38. The first-order valence-electron chi connectivity index (χ1n) is 10.4. The highest BCUT2D eigenvalue weighted by Gasteiger charge is 2.74. The quantitative estimate of drug-likeness (QED) is 0.426. The van der Waals surface area contributed by atoms with Gasteiger partial charge in [0.15, 0.2) is 0 Å². The summed E-state index contributed by atoms with van der Waals surface area (Å²) >= 11 is 5.92. The van der Waals surface area contributed by atoms with Crippen molar-refractivity contribution >= 4 is 46.4 Å². The number of nitro groups is 1. The summed E-state index contributed by atoms with van der Waals surface area (Å²) in [5, 5.41) is 14.2. The number of imide groups is 1. The number of halogens is 1. The Balaban J connectivity index is 1.53. The maximum Gasteiger partial charge on any atom is 0.289 e. The third-order valence-corrected chi connectivity index (χ3v) is 7.60. The zero-order chi connectivity index (χ0) is 22.4. The standard InChI is InChI=1S/C22H17ClN4O5/c23-13-8-7-11(10-16(13)27(31)32)26-19(28)17-15-6-3-9-25(15)22(18(17)20(26)29)12-4-1-2-5-14(12)24-21(22)30/h1-2,4-5,7-8,10,15,17-18H,3,6,9H2,(H,24,30)/t15-,17-,18+,22-/m1/s1. The molecule has 0 unspecified atom stereocenters. The van der Waals surface area contributed by atoms with E-state index in [1.165, 1.54) is 12.1 Å². The molecule has 9 nitrogen and oxygen atoms in total. The molecule has 3 saturated heterocycles. The molecule has 2 aromatic carbocycles. The molecule has 0 aromatic heterocycles. The van der Waals surface area contributed by atoms with Crippen molar-refractivity contribution in [2.45, 2.75) is 24.4 Å². The molecule has 6 rings (SSSR count). The molecular formula is C22H17ClN4O5. The second-order valence-corrected chi connectivity index (χ2v) is 8.98. The van der Waals surface area contributed by atoms with Gasteiger partial charge in [-0.15, -0.1) is 0 Å². The number of hydrogen-bond acceptors (Lipinski definition) is 6. The Labute approximate surface area is 187 Å². The molecule has 10 heteroatoms. The first-order valence-corrected chi connectivity index (χ1v) is 10.7. The van der Waals surface area contributed by atoms with E-state index in [0.717, 1.165) is 17.4 Å². The van der Waals surface area contributed by atoms with Crippen LogP contribution in [0.25, 0.3) is 0 Å². The Kier molecular flexibility index (Phi) is 3.86. The van der Waals surface area contributed by atoms with Crippen LogP contribution in [-0.2, 0) is 19.9 Å². The summed E-state index contributed by atoms with van der Waals surface area (Å²) in [6.45, 7) is 0.617. The molecule has 4 heterocycles. The van der Waals surface area contributed by atoms with E-state index in [9.17, 15) is 24.5 Å². The Bertz CT molecular complexity index is 1250. The zero-order valence-corrected chi connectivity index (χ0v) is 17.4. The molecule has 1 N–H and O–H groups in total. The summed E-state index contributed by atoms with van der Waals surface area (Å²) in [4.78, 5) is 54.6. The number of carbonyl (C=O) groups excluding carboxylic acids is 3. The summed E-state index contributed by atoms with van der Waals surface area (Å²) < 4.78 is 0. The van der Waals surface area contributed by atoms with Crippen LogP contribution >= 0.6 is 11.6 Å². The lowest BCUT2D eigenvalue weighted by molar-refractivity contribution is -0.384. The van der Waals surface area contributed by atoms with Crippen LogP contribution in [0.2, 0.25) is 5.02 Å². The van der Waals surface area contributed by atoms with E-state index in [2.05, 4.69) is 5.32 Å². The number of para-hydroxylation sites is 1. The normalized spacial score (nSPS) is 30.6. The fraction of sp³-hybridized carbons (Fsp3) is 0.318. The summed E-state index contributed by atoms with van der Waals surface area (Å²) in [5.41, 5.74) is -0.207. The molecule has 0 aliphatic carbocycles. The molecule has 0 bridgehead atoms. The van der Waals surface area contributed by atoms with Gasteiger partial charge in [-0.1, -0.05) is 29.8 Å². The highest BCUT2D eigenvalue weighted by atomic mass is 35.5. The second kappa shape index (κ2) is 6.36. The van der Waals surface area contributed by atoms with Crippen molar-refractivity contribution in [1.29, 1.82) is 0 Å². The molecule has 4 aliphatic rings. The van der Waals surface area contributed by atoms with Crippen LogP contribution < -0.4 is 10.2 Å². The van der Waals surface area contributed by atoms with Crippen molar-refractivity contribution in [1.82, 2.24) is 4.90 Å². The lowest BCUT2D eigenvalue weighted by atomic mass is 9.75. The molecule has 3 fully saturated rings. The molecule has 4 atom stereocenters. The topological polar surface area (TPSA) is 113 Å². The van der Waals surface area contributed by atoms with Gasteiger partial charge in [-0.05, 0) is 37.6 Å². The average Bonchev–Trinajstić information content (AvgIpc) is 3.47. The lowest BCUT2D eigenvalue weighted by Gasteiger charge is -2.36. The molecule has 32 heavy (non-hydrogen) atoms. The largest absolute Gasteiger partial charge is 0.324 e. The van der Waals surface area contributed by atoms with Crippen LogP contribution in [0.5, 0.6) is 0 Å². The van der Waals surface area contributed by atoms with Crippen molar-refractivity contribution in [3.05, 3.63) is 63.2 Å². The van der Waals surface area contributed by atoms with E-state index >= 15 is 0 Å². The van der Waals surface area contributed by atoms with E-state index < -0.39 is 34.1 Å². The number of nitro benzene ring substituents is 1. The number of nitrogens with one attached hydrogen (secondary N) is 1. The van der Waals surface area contributed by atoms with Crippen molar-refractivity contribution in [2.24, 2.45) is 11.8 Å². The number of fused-ring (bicyclic) bond motifs is 7. The fourth-order valence-electron chi connectivity index (χ4n) is 6.19. The Morgan fingerprint density at radius 2 is 1.91 bits per heavy atom. The summed E-state index contributed by atoms with van der Waals surface area (Å²) in [6, 6.07) is 10.9. The number of rotatable bonds is 2. The summed E-state index contributed by atoms with van der Waals surface area (Å²) in [6.07, 6.45) is 1.52. The molecular weight excluding hydrogens is 436 g/mol. The van der Waals surface area contributed by atoms with Crippen LogP contribution in [0, 0.1) is 22.0 Å². The molecule has 0 radical (unpaired) electrons. The number of nitrogens with zero attached hydrogens (tertiary/aromatic N) is 3. The van der Waals surface area contributed by atoms with E-state index in [0.29, 0.717) is 24.2 Å². The van der Waals surface area contributed by atoms with Crippen molar-refractivity contribution < 1.29 is 19.3 Å².